The molecule has 0 radical (unpaired) electrons. The second kappa shape index (κ2) is 2.26. The van der Waals surface area contributed by atoms with Gasteiger partial charge >= 0.3 is 0 Å². The second-order valence-electron chi connectivity index (χ2n) is 1.24. The first-order valence-electron chi connectivity index (χ1n) is 1.71. The lowest BCUT2D eigenvalue weighted by atomic mass is 10.8. The predicted octanol–water partition coefficient (Wildman–Crippen LogP) is -2.61. The number of hydrogen-bond donors (Lipinski definition) is 1. The highest BCUT2D eigenvalue weighted by Crippen LogP contribution is 2.20. The maximum absolute atomic E-state index is 9.66. The highest BCUT2D eigenvalue weighted by Gasteiger charge is 1.95. The molecule has 1 amide bonds. The first-order valence-corrected chi connectivity index (χ1v) is 3.44. The Kier molecular flexibility index (Phi) is 2.15. The molecule has 8 heavy (non-hydrogen) atoms. The fourth-order valence-electron chi connectivity index (χ4n) is 0.191. The minimum atomic E-state index is -4.70. The van der Waals surface area contributed by atoms with E-state index < -0.39 is 19.7 Å². The van der Waals surface area contributed by atoms with Crippen molar-refractivity contribution in [1.82, 2.24) is 0 Å². The van der Waals surface area contributed by atoms with E-state index in [9.17, 15) is 19.1 Å². The molecule has 0 spiro atoms. The molecule has 48 valence electrons. The van der Waals surface area contributed by atoms with E-state index in [1.165, 1.54) is 0 Å². The van der Waals surface area contributed by atoms with Gasteiger partial charge in [0.25, 0.3) is 0 Å². The van der Waals surface area contributed by atoms with Crippen LogP contribution in [0, 0.1) is 0 Å². The Balaban J connectivity index is 3.74. The van der Waals surface area contributed by atoms with Gasteiger partial charge in [-0.15, -0.1) is 0 Å². The van der Waals surface area contributed by atoms with Gasteiger partial charge in [-0.2, -0.15) is 0 Å². The van der Waals surface area contributed by atoms with Crippen LogP contribution in [-0.2, 0) is 9.36 Å². The summed E-state index contributed by atoms with van der Waals surface area (Å²) < 4.78 is 9.61. The van der Waals surface area contributed by atoms with Crippen molar-refractivity contribution in [2.75, 3.05) is 6.16 Å². The van der Waals surface area contributed by atoms with E-state index in [4.69, 9.17) is 0 Å². The van der Waals surface area contributed by atoms with Crippen molar-refractivity contribution in [2.24, 2.45) is 5.73 Å². The van der Waals surface area contributed by atoms with E-state index in [2.05, 4.69) is 5.73 Å². The number of rotatable bonds is 2. The average molecular weight is 137 g/mol. The van der Waals surface area contributed by atoms with Gasteiger partial charge in [-0.05, 0) is 0 Å². The van der Waals surface area contributed by atoms with E-state index in [0.29, 0.717) is 0 Å². The van der Waals surface area contributed by atoms with E-state index in [-0.39, 0.29) is 0 Å². The molecule has 0 aliphatic rings. The lowest BCUT2D eigenvalue weighted by Crippen LogP contribution is -2.26. The van der Waals surface area contributed by atoms with Crippen molar-refractivity contribution in [3.8, 4) is 0 Å². The molecule has 0 aliphatic carbocycles. The van der Waals surface area contributed by atoms with E-state index in [1.54, 1.807) is 0 Å². The van der Waals surface area contributed by atoms with Crippen molar-refractivity contribution in [1.29, 1.82) is 0 Å². The topological polar surface area (TPSA) is 106 Å². The normalized spacial score (nSPS) is 11.2. The van der Waals surface area contributed by atoms with Crippen LogP contribution < -0.4 is 15.5 Å². The molecule has 2 N–H and O–H groups in total. The first kappa shape index (κ1) is 7.62. The highest BCUT2D eigenvalue weighted by atomic mass is 31.2. The molecular formula is C2H4NO4P-2. The molecule has 0 aromatic carbocycles. The lowest BCUT2D eigenvalue weighted by Gasteiger charge is -2.27. The number of carbonyl (C=O) groups is 1. The van der Waals surface area contributed by atoms with E-state index >= 15 is 0 Å². The maximum Gasteiger partial charge on any atom is 0.222 e. The van der Waals surface area contributed by atoms with Crippen molar-refractivity contribution >= 4 is 13.5 Å². The Morgan fingerprint density at radius 2 is 2.00 bits per heavy atom. The van der Waals surface area contributed by atoms with Crippen LogP contribution in [0.4, 0.5) is 0 Å². The van der Waals surface area contributed by atoms with Crippen molar-refractivity contribution in [3.63, 3.8) is 0 Å². The Morgan fingerprint density at radius 3 is 2.00 bits per heavy atom. The number of nitrogens with two attached hydrogens (primary N) is 1. The first-order chi connectivity index (χ1) is 3.42. The molecule has 0 aromatic rings. The summed E-state index contributed by atoms with van der Waals surface area (Å²) in [6.45, 7) is 0. The van der Waals surface area contributed by atoms with Gasteiger partial charge in [-0.1, -0.05) is 7.60 Å². The molecule has 5 nitrogen and oxygen atoms in total. The zero-order chi connectivity index (χ0) is 6.78. The molecular weight excluding hydrogens is 133 g/mol. The summed E-state index contributed by atoms with van der Waals surface area (Å²) in [5, 5.41) is 0. The second-order valence-corrected chi connectivity index (χ2v) is 2.77. The zero-order valence-electron chi connectivity index (χ0n) is 3.86. The monoisotopic (exact) mass is 137 g/mol. The molecule has 0 heterocycles. The molecule has 6 heteroatoms. The van der Waals surface area contributed by atoms with Crippen LogP contribution >= 0.6 is 7.60 Å². The Bertz CT molecular complexity index is 137. The van der Waals surface area contributed by atoms with Crippen molar-refractivity contribution in [2.45, 2.75) is 0 Å². The Labute approximate surface area is 45.7 Å². The fourth-order valence-corrected chi connectivity index (χ4v) is 0.573. The molecule has 0 saturated heterocycles. The molecule has 0 bridgehead atoms. The van der Waals surface area contributed by atoms with Crippen molar-refractivity contribution < 1.29 is 19.1 Å². The van der Waals surface area contributed by atoms with Crippen LogP contribution in [0.15, 0.2) is 0 Å². The van der Waals surface area contributed by atoms with Gasteiger partial charge in [0.15, 0.2) is 0 Å². The zero-order valence-corrected chi connectivity index (χ0v) is 4.76. The minimum Gasteiger partial charge on any atom is -0.810 e. The van der Waals surface area contributed by atoms with Gasteiger partial charge in [0.1, 0.15) is 0 Å². The van der Waals surface area contributed by atoms with Gasteiger partial charge in [0.05, 0.1) is 6.16 Å². The summed E-state index contributed by atoms with van der Waals surface area (Å²) in [7, 11) is -4.70. The van der Waals surface area contributed by atoms with Crippen LogP contribution in [0.25, 0.3) is 0 Å². The molecule has 0 rings (SSSR count). The van der Waals surface area contributed by atoms with Crippen molar-refractivity contribution in [3.05, 3.63) is 0 Å². The highest BCUT2D eigenvalue weighted by molar-refractivity contribution is 7.49. The standard InChI is InChI=1S/C2H6NO4P/c3-2(4)1-8(5,6)7/h1H2,(H2,3,4)(H2,5,6,7)/p-2. The third-order valence-corrected chi connectivity index (χ3v) is 1.05. The summed E-state index contributed by atoms with van der Waals surface area (Å²) in [6.07, 6.45) is -1.09. The van der Waals surface area contributed by atoms with E-state index in [0.717, 1.165) is 0 Å². The summed E-state index contributed by atoms with van der Waals surface area (Å²) in [6, 6.07) is 0. The molecule has 0 fully saturated rings. The van der Waals surface area contributed by atoms with E-state index in [1.807, 2.05) is 0 Å². The third kappa shape index (κ3) is 5.62. The third-order valence-electron chi connectivity index (χ3n) is 0.349. The number of primary amides is 1. The number of amides is 1. The van der Waals surface area contributed by atoms with Gasteiger partial charge in [-0.3, -0.25) is 4.79 Å². The average Bonchev–Trinajstić information content (AvgIpc) is 1.21. The molecule has 0 saturated carbocycles. The summed E-state index contributed by atoms with van der Waals surface area (Å²) in [4.78, 5) is 28.9. The molecule has 0 unspecified atom stereocenters. The Hall–Kier alpha value is -0.380. The fraction of sp³-hybridized carbons (Fsp3) is 0.500. The molecule has 0 aliphatic heterocycles. The largest absolute Gasteiger partial charge is 0.810 e. The summed E-state index contributed by atoms with van der Waals surface area (Å²) in [5.41, 5.74) is 4.37. The maximum atomic E-state index is 9.66. The van der Waals surface area contributed by atoms with Crippen LogP contribution in [-0.4, -0.2) is 12.1 Å². The lowest BCUT2D eigenvalue weighted by molar-refractivity contribution is -0.312. The smallest absolute Gasteiger partial charge is 0.222 e. The predicted molar refractivity (Wildman–Crippen MR) is 21.7 cm³/mol. The van der Waals surface area contributed by atoms with Crippen LogP contribution in [0.3, 0.4) is 0 Å². The van der Waals surface area contributed by atoms with Crippen LogP contribution in [0.1, 0.15) is 0 Å². The minimum absolute atomic E-state index is 1.09. The summed E-state index contributed by atoms with van der Waals surface area (Å²) in [5.74, 6) is -1.11. The summed E-state index contributed by atoms with van der Waals surface area (Å²) >= 11 is 0. The Morgan fingerprint density at radius 1 is 1.62 bits per heavy atom. The van der Waals surface area contributed by atoms with Crippen LogP contribution in [0.5, 0.6) is 0 Å². The number of hydrogen-bond acceptors (Lipinski definition) is 4. The van der Waals surface area contributed by atoms with Gasteiger partial charge < -0.3 is 20.1 Å². The molecule has 0 atom stereocenters. The quantitative estimate of drug-likeness (QED) is 0.420. The van der Waals surface area contributed by atoms with Gasteiger partial charge in [0.2, 0.25) is 5.91 Å². The van der Waals surface area contributed by atoms with Gasteiger partial charge in [-0.25, -0.2) is 0 Å². The molecule has 0 aromatic heterocycles. The van der Waals surface area contributed by atoms with Crippen LogP contribution in [0.2, 0.25) is 0 Å². The number of carbonyl (C=O) groups excluding carboxylic acids is 1. The van der Waals surface area contributed by atoms with Gasteiger partial charge in [0, 0.05) is 0 Å². The SMILES string of the molecule is NC(=O)CP(=O)([O-])[O-].